The predicted molar refractivity (Wildman–Crippen MR) is 79.1 cm³/mol. The zero-order chi connectivity index (χ0) is 14.7. The van der Waals surface area contributed by atoms with E-state index in [1.165, 1.54) is 32.2 Å². The fraction of sp³-hybridized carbons (Fsp3) is 0.938. The van der Waals surface area contributed by atoms with Crippen LogP contribution in [0.2, 0.25) is 0 Å². The fourth-order valence-corrected chi connectivity index (χ4v) is 3.05. The van der Waals surface area contributed by atoms with Crippen LogP contribution in [0.15, 0.2) is 0 Å². The first-order valence-corrected chi connectivity index (χ1v) is 7.58. The highest BCUT2D eigenvalue weighted by Gasteiger charge is 2.50. The molecule has 1 saturated carbocycles. The molecule has 1 aliphatic heterocycles. The molecular formula is C16H31NO2. The van der Waals surface area contributed by atoms with Gasteiger partial charge in [0.05, 0.1) is 0 Å². The third-order valence-corrected chi connectivity index (χ3v) is 4.05. The lowest BCUT2D eigenvalue weighted by atomic mass is 9.89. The maximum Gasteiger partial charge on any atom is 0.293 e. The van der Waals surface area contributed by atoms with Crippen LogP contribution in [0.5, 0.6) is 0 Å². The van der Waals surface area contributed by atoms with Crippen molar-refractivity contribution in [2.75, 3.05) is 6.54 Å². The van der Waals surface area contributed by atoms with E-state index < -0.39 is 0 Å². The van der Waals surface area contributed by atoms with E-state index in [0.717, 1.165) is 12.0 Å². The number of hydrogen-bond acceptors (Lipinski definition) is 3. The van der Waals surface area contributed by atoms with Gasteiger partial charge in [-0.25, -0.2) is 0 Å². The van der Waals surface area contributed by atoms with Gasteiger partial charge in [-0.1, -0.05) is 6.92 Å². The highest BCUT2D eigenvalue weighted by Crippen LogP contribution is 2.50. The number of rotatable bonds is 2. The molecule has 2 fully saturated rings. The number of ether oxygens (including phenoxy) is 1. The summed E-state index contributed by atoms with van der Waals surface area (Å²) < 4.78 is 4.55. The molecule has 0 radical (unpaired) electrons. The molecule has 3 nitrogen and oxygen atoms in total. The Balaban J connectivity index is 0.000000224. The van der Waals surface area contributed by atoms with E-state index in [2.05, 4.69) is 30.4 Å². The van der Waals surface area contributed by atoms with Crippen molar-refractivity contribution in [2.24, 2.45) is 5.92 Å². The zero-order valence-electron chi connectivity index (χ0n) is 13.5. The summed E-state index contributed by atoms with van der Waals surface area (Å²) in [5.74, 6) is 0.975. The molecule has 3 heteroatoms. The highest BCUT2D eigenvalue weighted by atomic mass is 16.5. The summed E-state index contributed by atoms with van der Waals surface area (Å²) in [4.78, 5) is 12.3. The lowest BCUT2D eigenvalue weighted by molar-refractivity contribution is -0.138. The first kappa shape index (κ1) is 16.5. The molecular weight excluding hydrogens is 238 g/mol. The van der Waals surface area contributed by atoms with Gasteiger partial charge in [0.15, 0.2) is 0 Å². The van der Waals surface area contributed by atoms with E-state index in [0.29, 0.717) is 12.0 Å². The Bertz CT molecular complexity index is 290. The largest absolute Gasteiger partial charge is 0.462 e. The van der Waals surface area contributed by atoms with Crippen molar-refractivity contribution in [3.8, 4) is 0 Å². The summed E-state index contributed by atoms with van der Waals surface area (Å²) in [6, 6.07) is 0.764. The van der Waals surface area contributed by atoms with Gasteiger partial charge >= 0.3 is 0 Å². The third-order valence-electron chi connectivity index (χ3n) is 4.05. The molecule has 1 spiro atoms. The van der Waals surface area contributed by atoms with E-state index in [4.69, 9.17) is 0 Å². The summed E-state index contributed by atoms with van der Waals surface area (Å²) in [6.45, 7) is 14.4. The highest BCUT2D eigenvalue weighted by molar-refractivity contribution is 5.37. The van der Waals surface area contributed by atoms with Gasteiger partial charge in [0.1, 0.15) is 5.60 Å². The van der Waals surface area contributed by atoms with Gasteiger partial charge in [0.2, 0.25) is 0 Å². The zero-order valence-corrected chi connectivity index (χ0v) is 13.5. The molecule has 2 rings (SSSR count). The average molecular weight is 269 g/mol. The van der Waals surface area contributed by atoms with Crippen LogP contribution in [0.25, 0.3) is 0 Å². The summed E-state index contributed by atoms with van der Waals surface area (Å²) in [5, 5.41) is 0. The topological polar surface area (TPSA) is 29.5 Å². The lowest BCUT2D eigenvalue weighted by Crippen LogP contribution is -2.47. The van der Waals surface area contributed by atoms with Crippen LogP contribution in [-0.2, 0) is 9.53 Å². The standard InChI is InChI=1S/C11H21N.C5H10O2/c1-9(2)12-7-4-10(3)8-11(12)5-6-11;1-5(2,3)7-4-6/h9-10H,4-8H2,1-3H3;4H,1-3H3. The van der Waals surface area contributed by atoms with Gasteiger partial charge in [0.25, 0.3) is 6.47 Å². The molecule has 0 amide bonds. The molecule has 0 N–H and O–H groups in total. The summed E-state index contributed by atoms with van der Waals surface area (Å²) >= 11 is 0. The van der Waals surface area contributed by atoms with E-state index in [1.54, 1.807) is 0 Å². The lowest BCUT2D eigenvalue weighted by Gasteiger charge is -2.41. The van der Waals surface area contributed by atoms with Crippen molar-refractivity contribution in [1.29, 1.82) is 0 Å². The summed E-state index contributed by atoms with van der Waals surface area (Å²) in [6.07, 6.45) is 5.82. The maximum atomic E-state index is 9.60. The molecule has 0 aromatic heterocycles. The van der Waals surface area contributed by atoms with E-state index >= 15 is 0 Å². The van der Waals surface area contributed by atoms with Crippen LogP contribution in [0, 0.1) is 5.92 Å². The number of hydrogen-bond donors (Lipinski definition) is 0. The third kappa shape index (κ3) is 5.13. The molecule has 112 valence electrons. The second-order valence-electron chi connectivity index (χ2n) is 7.44. The van der Waals surface area contributed by atoms with Gasteiger partial charge in [-0.05, 0) is 72.8 Å². The second kappa shape index (κ2) is 6.25. The molecule has 1 saturated heterocycles. The van der Waals surface area contributed by atoms with Gasteiger partial charge in [0, 0.05) is 11.6 Å². The average Bonchev–Trinajstić information content (AvgIpc) is 2.96. The Kier molecular flexibility index (Phi) is 5.43. The Hall–Kier alpha value is -0.570. The van der Waals surface area contributed by atoms with Crippen LogP contribution in [-0.4, -0.2) is 35.1 Å². The number of nitrogens with zero attached hydrogens (tertiary/aromatic N) is 1. The van der Waals surface area contributed by atoms with Crippen LogP contribution in [0.3, 0.4) is 0 Å². The fourth-order valence-electron chi connectivity index (χ4n) is 3.05. The van der Waals surface area contributed by atoms with Crippen LogP contribution >= 0.6 is 0 Å². The number of piperidine rings is 1. The van der Waals surface area contributed by atoms with Crippen molar-refractivity contribution in [3.63, 3.8) is 0 Å². The minimum Gasteiger partial charge on any atom is -0.462 e. The van der Waals surface area contributed by atoms with Crippen molar-refractivity contribution in [1.82, 2.24) is 4.90 Å². The molecule has 0 bridgehead atoms. The van der Waals surface area contributed by atoms with Crippen LogP contribution < -0.4 is 0 Å². The number of carbonyl (C=O) groups is 1. The molecule has 1 atom stereocenters. The van der Waals surface area contributed by atoms with Crippen LogP contribution in [0.1, 0.15) is 67.2 Å². The second-order valence-corrected chi connectivity index (χ2v) is 7.44. The monoisotopic (exact) mass is 269 g/mol. The Labute approximate surface area is 118 Å². The summed E-state index contributed by atoms with van der Waals surface area (Å²) in [7, 11) is 0. The molecule has 2 aliphatic rings. The Morgan fingerprint density at radius 1 is 1.32 bits per heavy atom. The summed E-state index contributed by atoms with van der Waals surface area (Å²) in [5.41, 5.74) is 0.355. The van der Waals surface area contributed by atoms with E-state index in [9.17, 15) is 4.79 Å². The van der Waals surface area contributed by atoms with Crippen LogP contribution in [0.4, 0.5) is 0 Å². The minimum absolute atomic E-state index is 0.318. The molecule has 1 unspecified atom stereocenters. The molecule has 1 heterocycles. The Morgan fingerprint density at radius 3 is 2.21 bits per heavy atom. The van der Waals surface area contributed by atoms with Crippen molar-refractivity contribution in [2.45, 2.75) is 84.4 Å². The van der Waals surface area contributed by atoms with Gasteiger partial charge in [-0.15, -0.1) is 0 Å². The first-order chi connectivity index (χ1) is 8.70. The smallest absolute Gasteiger partial charge is 0.293 e. The molecule has 19 heavy (non-hydrogen) atoms. The minimum atomic E-state index is -0.318. The Morgan fingerprint density at radius 2 is 1.89 bits per heavy atom. The van der Waals surface area contributed by atoms with Crippen molar-refractivity contribution in [3.05, 3.63) is 0 Å². The number of likely N-dealkylation sites (tertiary alicyclic amines) is 1. The first-order valence-electron chi connectivity index (χ1n) is 7.58. The predicted octanol–water partition coefficient (Wildman–Crippen LogP) is 3.62. The van der Waals surface area contributed by atoms with Crippen molar-refractivity contribution < 1.29 is 9.53 Å². The molecule has 1 aliphatic carbocycles. The van der Waals surface area contributed by atoms with Gasteiger partial charge in [-0.2, -0.15) is 0 Å². The van der Waals surface area contributed by atoms with Crippen molar-refractivity contribution >= 4 is 6.47 Å². The quantitative estimate of drug-likeness (QED) is 0.717. The van der Waals surface area contributed by atoms with E-state index in [1.807, 2.05) is 20.8 Å². The maximum absolute atomic E-state index is 9.60. The van der Waals surface area contributed by atoms with Gasteiger partial charge < -0.3 is 4.74 Å². The van der Waals surface area contributed by atoms with E-state index in [-0.39, 0.29) is 5.60 Å². The normalized spacial score (nSPS) is 25.7. The number of carbonyl (C=O) groups excluding carboxylic acids is 1. The van der Waals surface area contributed by atoms with Gasteiger partial charge in [-0.3, -0.25) is 9.69 Å². The SMILES string of the molecule is CC(C)(C)OC=O.CC1CCN(C(C)C)C2(CC2)C1. The molecule has 0 aromatic rings. The molecule has 0 aromatic carbocycles.